The molecular formula is C29H14ClN3O2. The smallest absolute Gasteiger partial charge is 0.232 e. The van der Waals surface area contributed by atoms with Crippen molar-refractivity contribution in [2.45, 2.75) is 0 Å². The number of benzene rings is 4. The molecule has 0 bridgehead atoms. The van der Waals surface area contributed by atoms with Crippen molar-refractivity contribution in [3.8, 4) is 28.5 Å². The third-order valence-electron chi connectivity index (χ3n) is 6.30. The maximum absolute atomic E-state index is 9.07. The second-order valence-electron chi connectivity index (χ2n) is 8.33. The Kier molecular flexibility index (Phi) is 4.19. The number of fused-ring (bicyclic) bond motifs is 6. The highest BCUT2D eigenvalue weighted by molar-refractivity contribution is 6.29. The Morgan fingerprint density at radius 1 is 0.657 bits per heavy atom. The standard InChI is InChI=1S/C29H14ClN3O2/c30-29-32-27(19-10-12-24-22(13-19)20-3-1-2-4-23(20)34-24)26-21-11-9-18(14-25(21)35-28(26)33-29)17-7-5-16(15-31)6-8-17/h1-14H. The molecule has 0 aliphatic heterocycles. The predicted octanol–water partition coefficient (Wildman–Crippen LogP) is 8.13. The zero-order valence-corrected chi connectivity index (χ0v) is 18.9. The van der Waals surface area contributed by atoms with Crippen LogP contribution in [0.3, 0.4) is 0 Å². The second-order valence-corrected chi connectivity index (χ2v) is 8.67. The van der Waals surface area contributed by atoms with Gasteiger partial charge in [-0.05, 0) is 71.3 Å². The molecule has 7 rings (SSSR count). The van der Waals surface area contributed by atoms with Crippen LogP contribution < -0.4 is 0 Å². The SMILES string of the molecule is N#Cc1ccc(-c2ccc3c(c2)oc2nc(Cl)nc(-c4ccc5oc6ccccc6c5c4)c23)cc1. The number of hydrogen-bond acceptors (Lipinski definition) is 5. The highest BCUT2D eigenvalue weighted by atomic mass is 35.5. The number of aromatic nitrogens is 2. The van der Waals surface area contributed by atoms with Crippen LogP contribution in [0.25, 0.3) is 66.4 Å². The molecular weight excluding hydrogens is 458 g/mol. The topological polar surface area (TPSA) is 75.8 Å². The average Bonchev–Trinajstić information content (AvgIpc) is 3.45. The summed E-state index contributed by atoms with van der Waals surface area (Å²) < 4.78 is 12.1. The number of nitriles is 1. The van der Waals surface area contributed by atoms with E-state index in [9.17, 15) is 0 Å². The lowest BCUT2D eigenvalue weighted by molar-refractivity contribution is 0.653. The summed E-state index contributed by atoms with van der Waals surface area (Å²) in [4.78, 5) is 8.96. The van der Waals surface area contributed by atoms with Crippen molar-refractivity contribution in [3.05, 3.63) is 95.8 Å². The van der Waals surface area contributed by atoms with E-state index in [1.807, 2.05) is 66.7 Å². The number of hydrogen-bond donors (Lipinski definition) is 0. The first-order valence-electron chi connectivity index (χ1n) is 11.0. The van der Waals surface area contributed by atoms with Gasteiger partial charge in [-0.3, -0.25) is 0 Å². The molecule has 6 heteroatoms. The predicted molar refractivity (Wildman–Crippen MR) is 137 cm³/mol. The van der Waals surface area contributed by atoms with Crippen molar-refractivity contribution >= 4 is 55.6 Å². The number of rotatable bonds is 2. The molecule has 0 aliphatic carbocycles. The molecule has 0 amide bonds. The van der Waals surface area contributed by atoms with Crippen molar-refractivity contribution in [3.63, 3.8) is 0 Å². The monoisotopic (exact) mass is 471 g/mol. The van der Waals surface area contributed by atoms with Crippen molar-refractivity contribution < 1.29 is 8.83 Å². The zero-order chi connectivity index (χ0) is 23.5. The maximum atomic E-state index is 9.07. The van der Waals surface area contributed by atoms with E-state index in [1.165, 1.54) is 0 Å². The summed E-state index contributed by atoms with van der Waals surface area (Å²) in [6.07, 6.45) is 0. The van der Waals surface area contributed by atoms with Gasteiger partial charge in [0.1, 0.15) is 16.7 Å². The summed E-state index contributed by atoms with van der Waals surface area (Å²) in [6.45, 7) is 0. The third kappa shape index (κ3) is 3.08. The van der Waals surface area contributed by atoms with Crippen LogP contribution >= 0.6 is 11.6 Å². The largest absolute Gasteiger partial charge is 0.456 e. The van der Waals surface area contributed by atoms with E-state index in [-0.39, 0.29) is 5.28 Å². The molecule has 164 valence electrons. The average molecular weight is 472 g/mol. The fraction of sp³-hybridized carbons (Fsp3) is 0. The molecule has 0 unspecified atom stereocenters. The van der Waals surface area contributed by atoms with Gasteiger partial charge in [0.25, 0.3) is 0 Å². The van der Waals surface area contributed by atoms with Crippen LogP contribution in [0.5, 0.6) is 0 Å². The highest BCUT2D eigenvalue weighted by Gasteiger charge is 2.18. The molecule has 0 radical (unpaired) electrons. The summed E-state index contributed by atoms with van der Waals surface area (Å²) in [5, 5.41) is 13.0. The van der Waals surface area contributed by atoms with E-state index in [4.69, 9.17) is 25.7 Å². The maximum Gasteiger partial charge on any atom is 0.232 e. The summed E-state index contributed by atoms with van der Waals surface area (Å²) in [5.41, 5.74) is 6.98. The molecule has 5 nitrogen and oxygen atoms in total. The Bertz CT molecular complexity index is 1980. The van der Waals surface area contributed by atoms with Crippen LogP contribution in [0.2, 0.25) is 5.28 Å². The number of para-hydroxylation sites is 1. The van der Waals surface area contributed by atoms with E-state index >= 15 is 0 Å². The minimum atomic E-state index is 0.121. The minimum absolute atomic E-state index is 0.121. The Labute approximate surface area is 203 Å². The number of nitrogens with zero attached hydrogens (tertiary/aromatic N) is 3. The van der Waals surface area contributed by atoms with Crippen LogP contribution in [0.1, 0.15) is 5.56 Å². The van der Waals surface area contributed by atoms with Crippen molar-refractivity contribution in [2.24, 2.45) is 0 Å². The Morgan fingerprint density at radius 3 is 2.29 bits per heavy atom. The van der Waals surface area contributed by atoms with Gasteiger partial charge in [-0.2, -0.15) is 10.2 Å². The van der Waals surface area contributed by atoms with Crippen LogP contribution in [0, 0.1) is 11.3 Å². The lowest BCUT2D eigenvalue weighted by Crippen LogP contribution is -1.89. The first kappa shape index (κ1) is 19.8. The van der Waals surface area contributed by atoms with E-state index in [1.54, 1.807) is 12.1 Å². The third-order valence-corrected chi connectivity index (χ3v) is 6.47. The molecule has 3 aromatic heterocycles. The number of furan rings is 2. The molecule has 0 fully saturated rings. The molecule has 0 aliphatic rings. The van der Waals surface area contributed by atoms with Crippen LogP contribution in [-0.2, 0) is 0 Å². The molecule has 0 atom stereocenters. The summed E-state index contributed by atoms with van der Waals surface area (Å²) in [5.74, 6) is 0. The summed E-state index contributed by atoms with van der Waals surface area (Å²) >= 11 is 6.32. The second kappa shape index (κ2) is 7.42. The molecule has 0 spiro atoms. The lowest BCUT2D eigenvalue weighted by Gasteiger charge is -2.04. The quantitative estimate of drug-likeness (QED) is 0.238. The van der Waals surface area contributed by atoms with Gasteiger partial charge in [0, 0.05) is 21.7 Å². The first-order chi connectivity index (χ1) is 17.2. The van der Waals surface area contributed by atoms with E-state index < -0.39 is 0 Å². The Morgan fingerprint density at radius 2 is 1.43 bits per heavy atom. The Hall–Kier alpha value is -4.66. The first-order valence-corrected chi connectivity index (χ1v) is 11.4. The molecule has 0 saturated heterocycles. The van der Waals surface area contributed by atoms with Crippen LogP contribution in [0.4, 0.5) is 0 Å². The normalized spacial score (nSPS) is 11.5. The van der Waals surface area contributed by atoms with E-state index in [2.05, 4.69) is 22.1 Å². The van der Waals surface area contributed by atoms with Gasteiger partial charge < -0.3 is 8.83 Å². The van der Waals surface area contributed by atoms with E-state index in [0.29, 0.717) is 22.6 Å². The van der Waals surface area contributed by atoms with Crippen molar-refractivity contribution in [1.82, 2.24) is 9.97 Å². The molecule has 4 aromatic carbocycles. The van der Waals surface area contributed by atoms with Crippen LogP contribution in [0.15, 0.2) is 93.8 Å². The van der Waals surface area contributed by atoms with Gasteiger partial charge in [-0.25, -0.2) is 4.98 Å². The van der Waals surface area contributed by atoms with Gasteiger partial charge in [0.2, 0.25) is 11.0 Å². The molecule has 7 aromatic rings. The van der Waals surface area contributed by atoms with Crippen molar-refractivity contribution in [1.29, 1.82) is 5.26 Å². The Balaban J connectivity index is 1.44. The van der Waals surface area contributed by atoms with Crippen molar-refractivity contribution in [2.75, 3.05) is 0 Å². The lowest BCUT2D eigenvalue weighted by atomic mass is 10.0. The van der Waals surface area contributed by atoms with Gasteiger partial charge >= 0.3 is 0 Å². The highest BCUT2D eigenvalue weighted by Crippen LogP contribution is 2.39. The number of halogens is 1. The molecule has 3 heterocycles. The van der Waals surface area contributed by atoms with Gasteiger partial charge in [0.05, 0.1) is 22.7 Å². The summed E-state index contributed by atoms with van der Waals surface area (Å²) in [7, 11) is 0. The minimum Gasteiger partial charge on any atom is -0.456 e. The van der Waals surface area contributed by atoms with E-state index in [0.717, 1.165) is 49.4 Å². The fourth-order valence-corrected chi connectivity index (χ4v) is 4.81. The fourth-order valence-electron chi connectivity index (χ4n) is 4.65. The summed E-state index contributed by atoms with van der Waals surface area (Å²) in [6, 6.07) is 29.6. The molecule has 35 heavy (non-hydrogen) atoms. The van der Waals surface area contributed by atoms with Gasteiger partial charge in [-0.1, -0.05) is 36.4 Å². The molecule has 0 saturated carbocycles. The van der Waals surface area contributed by atoms with Crippen LogP contribution in [-0.4, -0.2) is 9.97 Å². The molecule has 0 N–H and O–H groups in total. The van der Waals surface area contributed by atoms with Gasteiger partial charge in [0.15, 0.2) is 0 Å². The zero-order valence-electron chi connectivity index (χ0n) is 18.1. The van der Waals surface area contributed by atoms with Gasteiger partial charge in [-0.15, -0.1) is 0 Å².